The molecule has 0 heterocycles. The first-order valence-corrected chi connectivity index (χ1v) is 11.9. The van der Waals surface area contributed by atoms with Crippen LogP contribution in [0.5, 0.6) is 0 Å². The lowest BCUT2D eigenvalue weighted by Crippen LogP contribution is -2.41. The number of hydrogen-bond donors (Lipinski definition) is 1. The maximum absolute atomic E-state index is 13.3. The molecule has 0 bridgehead atoms. The summed E-state index contributed by atoms with van der Waals surface area (Å²) in [6.07, 6.45) is 7.30. The Morgan fingerprint density at radius 2 is 2.04 bits per heavy atom. The molecule has 2 rings (SSSR count). The van der Waals surface area contributed by atoms with Crippen molar-refractivity contribution in [1.82, 2.24) is 5.32 Å². The van der Waals surface area contributed by atoms with Gasteiger partial charge in [-0.05, 0) is 31.0 Å². The van der Waals surface area contributed by atoms with Gasteiger partial charge in [0, 0.05) is 17.5 Å². The highest BCUT2D eigenvalue weighted by atomic mass is 35.5. The molecule has 0 atom stereocenters. The molecule has 1 aromatic rings. The van der Waals surface area contributed by atoms with Gasteiger partial charge in [-0.2, -0.15) is 11.8 Å². The van der Waals surface area contributed by atoms with Crippen LogP contribution in [0.3, 0.4) is 0 Å². The maximum atomic E-state index is 13.3. The van der Waals surface area contributed by atoms with E-state index in [1.165, 1.54) is 44.2 Å². The van der Waals surface area contributed by atoms with Crippen molar-refractivity contribution < 1.29 is 17.6 Å². The van der Waals surface area contributed by atoms with Crippen molar-refractivity contribution in [2.45, 2.75) is 37.4 Å². The normalized spacial score (nSPS) is 15.7. The van der Waals surface area contributed by atoms with Gasteiger partial charge in [-0.25, -0.2) is 12.8 Å². The van der Waals surface area contributed by atoms with Crippen molar-refractivity contribution in [1.29, 1.82) is 0 Å². The highest BCUT2D eigenvalue weighted by Gasteiger charge is 2.21. The zero-order chi connectivity index (χ0) is 19.2. The van der Waals surface area contributed by atoms with Gasteiger partial charge in [0.2, 0.25) is 15.9 Å². The fourth-order valence-electron chi connectivity index (χ4n) is 2.87. The number of thioether (sulfide) groups is 1. The average molecular weight is 423 g/mol. The van der Waals surface area contributed by atoms with Crippen molar-refractivity contribution in [3.63, 3.8) is 0 Å². The first kappa shape index (κ1) is 21.3. The van der Waals surface area contributed by atoms with Crippen LogP contribution in [0.15, 0.2) is 18.2 Å². The van der Waals surface area contributed by atoms with Crippen molar-refractivity contribution in [2.24, 2.45) is 0 Å². The minimum absolute atomic E-state index is 0.158. The fourth-order valence-corrected chi connectivity index (χ4v) is 5.12. The predicted molar refractivity (Wildman–Crippen MR) is 106 cm³/mol. The number of halogens is 2. The fraction of sp³-hybridized carbons (Fsp3) is 0.588. The molecule has 26 heavy (non-hydrogen) atoms. The van der Waals surface area contributed by atoms with Crippen LogP contribution in [0, 0.1) is 5.82 Å². The SMILES string of the molecule is CS(=O)(=O)N(CC(=O)NCCSC1CCCCC1)c1ccc(F)c(Cl)c1. The molecule has 1 aliphatic rings. The largest absolute Gasteiger partial charge is 0.354 e. The number of anilines is 1. The second-order valence-electron chi connectivity index (χ2n) is 6.35. The lowest BCUT2D eigenvalue weighted by Gasteiger charge is -2.23. The number of nitrogens with zero attached hydrogens (tertiary/aromatic N) is 1. The van der Waals surface area contributed by atoms with E-state index in [1.54, 1.807) is 0 Å². The van der Waals surface area contributed by atoms with E-state index >= 15 is 0 Å². The summed E-state index contributed by atoms with van der Waals surface area (Å²) in [7, 11) is -3.70. The van der Waals surface area contributed by atoms with Gasteiger partial charge >= 0.3 is 0 Å². The first-order chi connectivity index (χ1) is 12.3. The van der Waals surface area contributed by atoms with Gasteiger partial charge < -0.3 is 5.32 Å². The molecule has 0 spiro atoms. The van der Waals surface area contributed by atoms with Gasteiger partial charge in [0.15, 0.2) is 0 Å². The van der Waals surface area contributed by atoms with Crippen LogP contribution in [0.2, 0.25) is 5.02 Å². The summed E-state index contributed by atoms with van der Waals surface area (Å²) in [5.74, 6) is -0.245. The van der Waals surface area contributed by atoms with E-state index in [0.29, 0.717) is 11.8 Å². The molecular weight excluding hydrogens is 399 g/mol. The standard InChI is InChI=1S/C17H24ClFN2O3S2/c1-26(23,24)21(13-7-8-16(19)15(18)11-13)12-17(22)20-9-10-25-14-5-3-2-4-6-14/h7-8,11,14H,2-6,9-10,12H2,1H3,(H,20,22). The number of benzene rings is 1. The van der Waals surface area contributed by atoms with Crippen LogP contribution >= 0.6 is 23.4 Å². The van der Waals surface area contributed by atoms with Crippen molar-refractivity contribution in [3.8, 4) is 0 Å². The van der Waals surface area contributed by atoms with E-state index in [-0.39, 0.29) is 17.3 Å². The molecule has 5 nitrogen and oxygen atoms in total. The zero-order valence-electron chi connectivity index (χ0n) is 14.7. The van der Waals surface area contributed by atoms with Gasteiger partial charge in [0.05, 0.1) is 17.0 Å². The molecule has 1 aliphatic carbocycles. The minimum Gasteiger partial charge on any atom is -0.354 e. The quantitative estimate of drug-likeness (QED) is 0.652. The summed E-state index contributed by atoms with van der Waals surface area (Å²) >= 11 is 7.58. The minimum atomic E-state index is -3.70. The van der Waals surface area contributed by atoms with Crippen LogP contribution in [-0.2, 0) is 14.8 Å². The number of nitrogens with one attached hydrogen (secondary N) is 1. The molecule has 0 radical (unpaired) electrons. The van der Waals surface area contributed by atoms with E-state index in [0.717, 1.165) is 22.4 Å². The Kier molecular flexibility index (Phi) is 8.04. The third-order valence-electron chi connectivity index (χ3n) is 4.21. The van der Waals surface area contributed by atoms with Gasteiger partial charge in [-0.15, -0.1) is 0 Å². The molecular formula is C17H24ClFN2O3S2. The zero-order valence-corrected chi connectivity index (χ0v) is 17.1. The van der Waals surface area contributed by atoms with Crippen molar-refractivity contribution >= 4 is 45.0 Å². The van der Waals surface area contributed by atoms with Gasteiger partial charge in [-0.1, -0.05) is 30.9 Å². The molecule has 1 aromatic carbocycles. The number of carbonyl (C=O) groups excluding carboxylic acids is 1. The molecule has 0 aromatic heterocycles. The monoisotopic (exact) mass is 422 g/mol. The molecule has 0 saturated heterocycles. The summed E-state index contributed by atoms with van der Waals surface area (Å²) in [6, 6.07) is 3.56. The molecule has 0 aliphatic heterocycles. The van der Waals surface area contributed by atoms with Crippen LogP contribution in [0.1, 0.15) is 32.1 Å². The topological polar surface area (TPSA) is 66.5 Å². The first-order valence-electron chi connectivity index (χ1n) is 8.58. The summed E-state index contributed by atoms with van der Waals surface area (Å²) in [5.41, 5.74) is 0.158. The summed E-state index contributed by atoms with van der Waals surface area (Å²) in [5, 5.41) is 3.22. The van der Waals surface area contributed by atoms with Crippen molar-refractivity contribution in [3.05, 3.63) is 29.0 Å². The summed E-state index contributed by atoms with van der Waals surface area (Å²) in [4.78, 5) is 12.1. The number of sulfonamides is 1. The molecule has 0 unspecified atom stereocenters. The van der Waals surface area contributed by atoms with Crippen LogP contribution in [0.4, 0.5) is 10.1 Å². The van der Waals surface area contributed by atoms with E-state index in [4.69, 9.17) is 11.6 Å². The Bertz CT molecular complexity index is 725. The predicted octanol–water partition coefficient (Wildman–Crippen LogP) is 3.43. The number of carbonyl (C=O) groups is 1. The Morgan fingerprint density at radius 1 is 1.35 bits per heavy atom. The lowest BCUT2D eigenvalue weighted by atomic mass is 10.0. The van der Waals surface area contributed by atoms with Gasteiger partial charge in [0.25, 0.3) is 0 Å². The molecule has 9 heteroatoms. The Hall–Kier alpha value is -0.990. The number of hydrogen-bond acceptors (Lipinski definition) is 4. The molecule has 1 fully saturated rings. The van der Waals surface area contributed by atoms with Crippen LogP contribution in [-0.4, -0.2) is 44.7 Å². The van der Waals surface area contributed by atoms with Crippen molar-refractivity contribution in [2.75, 3.05) is 29.4 Å². The molecule has 1 saturated carbocycles. The van der Waals surface area contributed by atoms with E-state index in [9.17, 15) is 17.6 Å². The smallest absolute Gasteiger partial charge is 0.240 e. The Balaban J connectivity index is 1.87. The second-order valence-corrected chi connectivity index (χ2v) is 10.1. The van der Waals surface area contributed by atoms with Crippen LogP contribution in [0.25, 0.3) is 0 Å². The van der Waals surface area contributed by atoms with Gasteiger partial charge in [-0.3, -0.25) is 9.10 Å². The number of rotatable bonds is 8. The average Bonchev–Trinajstić information content (AvgIpc) is 2.59. The van der Waals surface area contributed by atoms with E-state index in [2.05, 4.69) is 5.32 Å². The Morgan fingerprint density at radius 3 is 2.65 bits per heavy atom. The third-order valence-corrected chi connectivity index (χ3v) is 7.02. The summed E-state index contributed by atoms with van der Waals surface area (Å²) in [6.45, 7) is 0.122. The molecule has 1 N–H and O–H groups in total. The molecule has 1 amide bonds. The second kappa shape index (κ2) is 9.80. The highest BCUT2D eigenvalue weighted by molar-refractivity contribution is 7.99. The van der Waals surface area contributed by atoms with E-state index < -0.39 is 21.7 Å². The highest BCUT2D eigenvalue weighted by Crippen LogP contribution is 2.28. The lowest BCUT2D eigenvalue weighted by molar-refractivity contribution is -0.119. The van der Waals surface area contributed by atoms with Gasteiger partial charge in [0.1, 0.15) is 12.4 Å². The molecule has 146 valence electrons. The number of amides is 1. The Labute approximate surface area is 163 Å². The third kappa shape index (κ3) is 6.63. The summed E-state index contributed by atoms with van der Waals surface area (Å²) < 4.78 is 38.2. The van der Waals surface area contributed by atoms with Crippen LogP contribution < -0.4 is 9.62 Å². The van der Waals surface area contributed by atoms with E-state index in [1.807, 2.05) is 11.8 Å². The maximum Gasteiger partial charge on any atom is 0.240 e.